The van der Waals surface area contributed by atoms with Gasteiger partial charge in [0.15, 0.2) is 0 Å². The average Bonchev–Trinajstić information content (AvgIpc) is 2.85. The van der Waals surface area contributed by atoms with Crippen molar-refractivity contribution in [3.05, 3.63) is 12.2 Å². The number of nitrogens with zero attached hydrogens (tertiary/aromatic N) is 4. The van der Waals surface area contributed by atoms with E-state index in [-0.39, 0.29) is 12.0 Å². The highest BCUT2D eigenvalue weighted by Crippen LogP contribution is 2.33. The second-order valence-electron chi connectivity index (χ2n) is 5.84. The highest BCUT2D eigenvalue weighted by Gasteiger charge is 2.38. The molecule has 2 aliphatic rings. The van der Waals surface area contributed by atoms with Crippen LogP contribution in [0.3, 0.4) is 0 Å². The Balaban J connectivity index is 1.78. The lowest BCUT2D eigenvalue weighted by Gasteiger charge is -2.41. The fraction of sp³-hybridized carbons (Fsp3) is 0.769. The first-order valence-corrected chi connectivity index (χ1v) is 6.98. The highest BCUT2D eigenvalue weighted by atomic mass is 16.4. The van der Waals surface area contributed by atoms with Crippen LogP contribution in [0.15, 0.2) is 6.33 Å². The van der Waals surface area contributed by atoms with E-state index in [1.54, 1.807) is 6.33 Å². The van der Waals surface area contributed by atoms with Crippen molar-refractivity contribution >= 4 is 5.97 Å². The lowest BCUT2D eigenvalue weighted by molar-refractivity contribution is -0.146. The Bertz CT molecular complexity index is 473. The van der Waals surface area contributed by atoms with Crippen molar-refractivity contribution in [2.24, 2.45) is 11.8 Å². The molecular formula is C13H20N4O2. The van der Waals surface area contributed by atoms with E-state index >= 15 is 0 Å². The smallest absolute Gasteiger partial charge is 0.308 e. The minimum absolute atomic E-state index is 0.145. The van der Waals surface area contributed by atoms with Crippen molar-refractivity contribution in [3.8, 4) is 0 Å². The summed E-state index contributed by atoms with van der Waals surface area (Å²) >= 11 is 0. The zero-order valence-electron chi connectivity index (χ0n) is 11.2. The third-order valence-corrected chi connectivity index (χ3v) is 4.53. The first kappa shape index (κ1) is 12.6. The van der Waals surface area contributed by atoms with Crippen molar-refractivity contribution in [2.75, 3.05) is 6.54 Å². The van der Waals surface area contributed by atoms with Crippen LogP contribution in [0.2, 0.25) is 0 Å². The number of aliphatic carboxylic acids is 1. The van der Waals surface area contributed by atoms with Gasteiger partial charge in [0.1, 0.15) is 12.2 Å². The molecule has 1 aromatic rings. The van der Waals surface area contributed by atoms with Gasteiger partial charge in [-0.25, -0.2) is 0 Å². The molecule has 2 heterocycles. The number of aromatic nitrogens is 3. The van der Waals surface area contributed by atoms with Gasteiger partial charge in [0.25, 0.3) is 0 Å². The van der Waals surface area contributed by atoms with E-state index in [0.29, 0.717) is 5.92 Å². The van der Waals surface area contributed by atoms with E-state index < -0.39 is 5.97 Å². The first-order chi connectivity index (χ1) is 9.15. The second kappa shape index (κ2) is 4.92. The Kier molecular flexibility index (Phi) is 3.26. The van der Waals surface area contributed by atoms with E-state index in [1.165, 1.54) is 0 Å². The molecule has 3 atom stereocenters. The monoisotopic (exact) mass is 264 g/mol. The summed E-state index contributed by atoms with van der Waals surface area (Å²) in [6, 6.07) is 0.145. The van der Waals surface area contributed by atoms with Crippen LogP contribution in [0.1, 0.15) is 32.0 Å². The number of fused-ring (bicyclic) bond motifs is 1. The molecule has 0 amide bonds. The molecule has 0 aromatic carbocycles. The summed E-state index contributed by atoms with van der Waals surface area (Å²) in [6.45, 7) is 4.70. The standard InChI is InChI=1S/C13H20N4O2/c1-9-2-3-10(13(18)19)11(6-9)16-4-5-17-8-14-15-12(17)7-16/h8-11H,2-7H2,1H3,(H,18,19). The Hall–Kier alpha value is -1.43. The van der Waals surface area contributed by atoms with Gasteiger partial charge in [-0.3, -0.25) is 9.69 Å². The van der Waals surface area contributed by atoms with Gasteiger partial charge in [-0.2, -0.15) is 0 Å². The molecule has 0 saturated heterocycles. The van der Waals surface area contributed by atoms with Crippen LogP contribution in [0.5, 0.6) is 0 Å². The molecule has 3 unspecified atom stereocenters. The van der Waals surface area contributed by atoms with E-state index in [2.05, 4.69) is 26.6 Å². The van der Waals surface area contributed by atoms with Gasteiger partial charge in [-0.05, 0) is 25.2 Å². The van der Waals surface area contributed by atoms with Gasteiger partial charge in [-0.1, -0.05) is 6.92 Å². The minimum atomic E-state index is -0.649. The molecule has 6 heteroatoms. The number of carboxylic acids is 1. The predicted octanol–water partition coefficient (Wildman–Crippen LogP) is 0.983. The number of carboxylic acid groups (broad SMARTS) is 1. The van der Waals surface area contributed by atoms with Crippen LogP contribution in [-0.4, -0.2) is 43.3 Å². The maximum absolute atomic E-state index is 11.4. The summed E-state index contributed by atoms with van der Waals surface area (Å²) in [5.74, 6) is 0.684. The summed E-state index contributed by atoms with van der Waals surface area (Å²) in [4.78, 5) is 13.7. The molecule has 1 fully saturated rings. The molecule has 1 aromatic heterocycles. The van der Waals surface area contributed by atoms with Crippen molar-refractivity contribution in [3.63, 3.8) is 0 Å². The number of hydrogen-bond donors (Lipinski definition) is 1. The molecule has 19 heavy (non-hydrogen) atoms. The zero-order chi connectivity index (χ0) is 13.4. The average molecular weight is 264 g/mol. The van der Waals surface area contributed by atoms with Crippen LogP contribution < -0.4 is 0 Å². The molecule has 1 N–H and O–H groups in total. The Morgan fingerprint density at radius 1 is 1.42 bits per heavy atom. The molecule has 1 aliphatic heterocycles. The molecule has 0 spiro atoms. The predicted molar refractivity (Wildman–Crippen MR) is 68.4 cm³/mol. The van der Waals surface area contributed by atoms with Gasteiger partial charge in [0, 0.05) is 19.1 Å². The number of rotatable bonds is 2. The first-order valence-electron chi connectivity index (χ1n) is 6.98. The normalized spacial score (nSPS) is 31.9. The Labute approximate surface area is 112 Å². The fourth-order valence-electron chi connectivity index (χ4n) is 3.41. The number of carbonyl (C=O) groups is 1. The summed E-state index contributed by atoms with van der Waals surface area (Å²) in [5, 5.41) is 17.5. The summed E-state index contributed by atoms with van der Waals surface area (Å²) in [5.41, 5.74) is 0. The van der Waals surface area contributed by atoms with Crippen molar-refractivity contribution in [1.82, 2.24) is 19.7 Å². The number of hydrogen-bond acceptors (Lipinski definition) is 4. The zero-order valence-corrected chi connectivity index (χ0v) is 11.2. The SMILES string of the molecule is CC1CCC(C(=O)O)C(N2CCn3cnnc3C2)C1. The molecule has 0 radical (unpaired) electrons. The van der Waals surface area contributed by atoms with Gasteiger partial charge >= 0.3 is 5.97 Å². The van der Waals surface area contributed by atoms with Crippen LogP contribution in [0, 0.1) is 11.8 Å². The third-order valence-electron chi connectivity index (χ3n) is 4.53. The van der Waals surface area contributed by atoms with Crippen LogP contribution in [0.4, 0.5) is 0 Å². The van der Waals surface area contributed by atoms with Gasteiger partial charge in [0.05, 0.1) is 12.5 Å². The van der Waals surface area contributed by atoms with E-state index in [1.807, 2.05) is 0 Å². The fourth-order valence-corrected chi connectivity index (χ4v) is 3.41. The highest BCUT2D eigenvalue weighted by molar-refractivity contribution is 5.71. The van der Waals surface area contributed by atoms with Crippen molar-refractivity contribution in [2.45, 2.75) is 45.3 Å². The lowest BCUT2D eigenvalue weighted by Crippen LogP contribution is -2.49. The lowest BCUT2D eigenvalue weighted by atomic mass is 9.78. The van der Waals surface area contributed by atoms with E-state index in [4.69, 9.17) is 0 Å². The quantitative estimate of drug-likeness (QED) is 0.862. The van der Waals surface area contributed by atoms with Crippen LogP contribution in [0.25, 0.3) is 0 Å². The van der Waals surface area contributed by atoms with E-state index in [0.717, 1.165) is 44.7 Å². The van der Waals surface area contributed by atoms with Crippen molar-refractivity contribution in [1.29, 1.82) is 0 Å². The minimum Gasteiger partial charge on any atom is -0.481 e. The molecule has 1 aliphatic carbocycles. The Morgan fingerprint density at radius 3 is 3.05 bits per heavy atom. The van der Waals surface area contributed by atoms with Crippen LogP contribution >= 0.6 is 0 Å². The van der Waals surface area contributed by atoms with Gasteiger partial charge < -0.3 is 9.67 Å². The summed E-state index contributed by atoms with van der Waals surface area (Å²) < 4.78 is 2.05. The largest absolute Gasteiger partial charge is 0.481 e. The van der Waals surface area contributed by atoms with Gasteiger partial charge in [-0.15, -0.1) is 10.2 Å². The van der Waals surface area contributed by atoms with E-state index in [9.17, 15) is 9.90 Å². The third kappa shape index (κ3) is 2.36. The van der Waals surface area contributed by atoms with Crippen molar-refractivity contribution < 1.29 is 9.90 Å². The molecule has 1 saturated carbocycles. The molecule has 6 nitrogen and oxygen atoms in total. The second-order valence-corrected chi connectivity index (χ2v) is 5.84. The topological polar surface area (TPSA) is 71.2 Å². The molecular weight excluding hydrogens is 244 g/mol. The molecule has 3 rings (SSSR count). The maximum Gasteiger partial charge on any atom is 0.308 e. The van der Waals surface area contributed by atoms with Gasteiger partial charge in [0.2, 0.25) is 0 Å². The van der Waals surface area contributed by atoms with Crippen LogP contribution in [-0.2, 0) is 17.9 Å². The molecule has 0 bridgehead atoms. The summed E-state index contributed by atoms with van der Waals surface area (Å²) in [7, 11) is 0. The Morgan fingerprint density at radius 2 is 2.26 bits per heavy atom. The molecule has 104 valence electrons. The summed E-state index contributed by atoms with van der Waals surface area (Å²) in [6.07, 6.45) is 4.55. The maximum atomic E-state index is 11.4.